The van der Waals surface area contributed by atoms with Crippen LogP contribution >= 0.6 is 46.9 Å². The molecule has 3 N–H and O–H groups in total. The lowest BCUT2D eigenvalue weighted by molar-refractivity contribution is -0.141. The minimum atomic E-state index is -0.903. The molecule has 3 aliphatic heterocycles. The standard InChI is InChI=1S/C25H31N7O.C16H23N3O4S.C14H17N3O3S.C8H9ClN2O2S.C8H15NO2.CH4.B2/c1-25(2)22-19(9-14-33-25)20-16-28-24(30-23(20)32(22)17-5-3-4-6-17)29-21-8-7-18(15-27-21)31-12-10-26-11-13-31;1-4-23-15(21)12-9-17-16(24-3)18-14(12)19(10-13(20)22-2)11-7-5-6-8-11;1-20-13(19)10-11(18)9-7-15-14(21-2)16-12(9)17(10)8-5-3-4-6-8;1-3-13-7(12)5-4-10-8(14-2)11-6(5)9;1-11-8(10)6-9-7-4-2-3-5-7;;1-2/h7-9,14-17,26H,3-6,10-13H2,1-2H3,(H,27,28,29,30);9,11H,4-8,10H2,1-3H3;7-8,10H,3-6H2,1-2H3;4H,3H2,1-2H3;7,9H,2-6H2,1H3;1H4;. The number of piperazine rings is 1. The van der Waals surface area contributed by atoms with Gasteiger partial charge in [-0.3, -0.25) is 14.4 Å². The quantitative estimate of drug-likeness (QED) is 0.0122. The molecule has 0 bridgehead atoms. The summed E-state index contributed by atoms with van der Waals surface area (Å²) >= 11 is 9.94. The van der Waals surface area contributed by atoms with E-state index >= 15 is 0 Å². The van der Waals surface area contributed by atoms with Crippen molar-refractivity contribution in [2.75, 3.05) is 113 Å². The predicted molar refractivity (Wildman–Crippen MR) is 416 cm³/mol. The van der Waals surface area contributed by atoms with Crippen LogP contribution in [0.1, 0.15) is 186 Å². The highest BCUT2D eigenvalue weighted by atomic mass is 35.5. The van der Waals surface area contributed by atoms with Crippen LogP contribution in [-0.2, 0) is 48.4 Å². The van der Waals surface area contributed by atoms with E-state index in [1.807, 2.05) is 47.0 Å². The number of methoxy groups -OCH3 is 3. The number of thioether (sulfide) groups is 3. The van der Waals surface area contributed by atoms with Gasteiger partial charge in [0.15, 0.2) is 21.5 Å². The lowest BCUT2D eigenvalue weighted by Gasteiger charge is -2.31. The second-order valence-corrected chi connectivity index (χ2v) is 28.3. The first-order chi connectivity index (χ1) is 50.9. The maximum absolute atomic E-state index is 12.5. The van der Waals surface area contributed by atoms with E-state index in [9.17, 15) is 28.8 Å². The fourth-order valence-electron chi connectivity index (χ4n) is 13.6. The summed E-state index contributed by atoms with van der Waals surface area (Å²) in [6.45, 7) is 12.8. The summed E-state index contributed by atoms with van der Waals surface area (Å²) in [4.78, 5) is 116. The molecule has 0 spiro atoms. The topological polar surface area (TPSA) is 325 Å². The molecule has 0 amide bonds. The maximum atomic E-state index is 12.5. The van der Waals surface area contributed by atoms with Gasteiger partial charge >= 0.3 is 29.8 Å². The van der Waals surface area contributed by atoms with E-state index in [2.05, 4.69) is 111 Å². The number of Topliss-reactive ketones (excluding diaryl/α,β-unsaturated/α-hetero) is 1. The van der Waals surface area contributed by atoms with Gasteiger partial charge in [-0.15, -0.1) is 0 Å². The second-order valence-electron chi connectivity index (χ2n) is 25.6. The molecule has 7 aliphatic rings. The Labute approximate surface area is 641 Å². The third-order valence-corrected chi connectivity index (χ3v) is 20.7. The number of aromatic nitrogens is 10. The number of carbonyl (C=O) groups is 6. The fourth-order valence-corrected chi connectivity index (χ4v) is 14.9. The summed E-state index contributed by atoms with van der Waals surface area (Å²) in [5.41, 5.74) is 5.02. The Bertz CT molecular complexity index is 3920. The Hall–Kier alpha value is -7.84. The van der Waals surface area contributed by atoms with E-state index in [1.54, 1.807) is 20.1 Å². The average molecular weight is 1530 g/mol. The molecule has 5 fully saturated rings. The number of carbonyl (C=O) groups excluding carboxylic acids is 6. The van der Waals surface area contributed by atoms with Crippen molar-refractivity contribution in [1.82, 2.24) is 60.1 Å². The van der Waals surface area contributed by atoms with Crippen LogP contribution in [0, 0.1) is 0 Å². The Kier molecular flexibility index (Phi) is 34.4. The van der Waals surface area contributed by atoms with Gasteiger partial charge in [0.25, 0.3) is 0 Å². The summed E-state index contributed by atoms with van der Waals surface area (Å²) in [5.74, 6) is 0.0806. The van der Waals surface area contributed by atoms with Gasteiger partial charge in [-0.1, -0.05) is 106 Å². The number of nitrogens with one attached hydrogen (secondary N) is 3. The minimum Gasteiger partial charge on any atom is -0.489 e. The second kappa shape index (κ2) is 42.6. The predicted octanol–water partition coefficient (Wildman–Crippen LogP) is 10.9. The summed E-state index contributed by atoms with van der Waals surface area (Å²) < 4.78 is 32.5. The molecule has 6 aromatic rings. The molecule has 4 radical (unpaired) electrons. The zero-order chi connectivity index (χ0) is 75.6. The van der Waals surface area contributed by atoms with Crippen molar-refractivity contribution in [1.29, 1.82) is 0 Å². The van der Waals surface area contributed by atoms with Crippen molar-refractivity contribution in [3.63, 3.8) is 0 Å². The molecule has 1 atom stereocenters. The molecule has 4 aliphatic carbocycles. The van der Waals surface area contributed by atoms with Gasteiger partial charge < -0.3 is 63.6 Å². The van der Waals surface area contributed by atoms with Crippen LogP contribution in [0.3, 0.4) is 0 Å². The minimum absolute atomic E-state index is 0. The average Bonchev–Trinajstić information content (AvgIpc) is 1.52. The highest BCUT2D eigenvalue weighted by Gasteiger charge is 2.48. The van der Waals surface area contributed by atoms with Crippen LogP contribution in [0.5, 0.6) is 0 Å². The summed E-state index contributed by atoms with van der Waals surface area (Å²) in [6.07, 6.45) is 35.8. The summed E-state index contributed by atoms with van der Waals surface area (Å²) in [5, 5.41) is 12.8. The zero-order valence-corrected chi connectivity index (χ0v) is 64.7. The van der Waals surface area contributed by atoms with E-state index in [1.165, 1.54) is 138 Å². The number of fused-ring (bicyclic) bond motifs is 4. The van der Waals surface area contributed by atoms with Gasteiger partial charge in [0.1, 0.15) is 51.5 Å². The van der Waals surface area contributed by atoms with Crippen molar-refractivity contribution in [3.05, 3.63) is 82.5 Å². The maximum Gasteiger partial charge on any atom is 0.343 e. The van der Waals surface area contributed by atoms with Gasteiger partial charge in [0.05, 0.1) is 70.5 Å². The van der Waals surface area contributed by atoms with Crippen molar-refractivity contribution >= 4 is 144 Å². The first-order valence-corrected chi connectivity index (χ1v) is 39.5. The summed E-state index contributed by atoms with van der Waals surface area (Å²) in [6, 6.07) is 4.54. The molecule has 13 rings (SSSR count). The van der Waals surface area contributed by atoms with Crippen LogP contribution in [-0.4, -0.2) is 217 Å². The van der Waals surface area contributed by atoms with Crippen molar-refractivity contribution in [3.8, 4) is 0 Å². The molecule has 34 heteroatoms. The number of halogens is 1. The third-order valence-electron chi connectivity index (χ3n) is 18.7. The molecular weight excluding hydrogens is 1430 g/mol. The molecule has 106 heavy (non-hydrogen) atoms. The molecule has 1 unspecified atom stereocenters. The molecule has 6 aromatic heterocycles. The number of hydrogen-bond acceptors (Lipinski definition) is 30. The van der Waals surface area contributed by atoms with E-state index in [0.29, 0.717) is 63.9 Å². The van der Waals surface area contributed by atoms with E-state index in [4.69, 9.17) is 40.3 Å². The van der Waals surface area contributed by atoms with Crippen LogP contribution in [0.25, 0.3) is 17.1 Å². The van der Waals surface area contributed by atoms with Gasteiger partial charge in [-0.25, -0.2) is 54.3 Å². The molecular formula is C72H99B2ClN16O12S3. The SMILES string of the molecule is C.CC1(C)OC=Cc2c1n(C1CCCC1)c1nc(Nc3ccc(N4CCNCC4)cn3)ncc21.CCOC(=O)c1cnc(SC)nc1Cl.CCOC(=O)c1cnc(SC)nc1N(CC(=O)OC)C1CCCC1.COC(=O)C1C(=O)c2cnc(SC)nc2N1C1CCCC1.COC(=O)CNC1CCCC1.[B][B]. The number of esters is 5. The van der Waals surface area contributed by atoms with Crippen LogP contribution in [0.4, 0.5) is 29.1 Å². The van der Waals surface area contributed by atoms with Gasteiger partial charge in [0, 0.05) is 102 Å². The zero-order valence-electron chi connectivity index (χ0n) is 61.5. The van der Waals surface area contributed by atoms with Gasteiger partial charge in [0.2, 0.25) is 11.7 Å². The molecule has 9 heterocycles. The highest BCUT2D eigenvalue weighted by Crippen LogP contribution is 2.45. The normalized spacial score (nSPS) is 17.1. The smallest absolute Gasteiger partial charge is 0.343 e. The third kappa shape index (κ3) is 22.2. The number of pyridine rings is 1. The first-order valence-electron chi connectivity index (χ1n) is 35.4. The number of nitrogens with zero attached hydrogens (tertiary/aromatic N) is 13. The van der Waals surface area contributed by atoms with E-state index < -0.39 is 29.6 Å². The molecule has 4 saturated carbocycles. The van der Waals surface area contributed by atoms with Gasteiger partial charge in [-0.2, -0.15) is 4.98 Å². The van der Waals surface area contributed by atoms with E-state index in [0.717, 1.165) is 100 Å². The number of ether oxygens (including phenoxy) is 6. The highest BCUT2D eigenvalue weighted by molar-refractivity contribution is 7.98. The number of ketones is 1. The molecule has 0 aromatic carbocycles. The Morgan fingerprint density at radius 1 is 0.698 bits per heavy atom. The molecule has 28 nitrogen and oxygen atoms in total. The molecule has 1 saturated heterocycles. The Balaban J connectivity index is 0.000000192. The Morgan fingerprint density at radius 3 is 1.86 bits per heavy atom. The lowest BCUT2D eigenvalue weighted by atomic mass is 9.81. The summed E-state index contributed by atoms with van der Waals surface area (Å²) in [7, 11) is 12.1. The van der Waals surface area contributed by atoms with Crippen molar-refractivity contribution < 1.29 is 57.2 Å². The van der Waals surface area contributed by atoms with Gasteiger partial charge in [-0.05, 0) is 116 Å². The van der Waals surface area contributed by atoms with Crippen LogP contribution in [0.2, 0.25) is 5.15 Å². The van der Waals surface area contributed by atoms with Crippen molar-refractivity contribution in [2.45, 2.75) is 189 Å². The monoisotopic (exact) mass is 1530 g/mol. The Morgan fingerprint density at radius 2 is 1.27 bits per heavy atom. The number of hydrogen-bond donors (Lipinski definition) is 3. The fraction of sp³-hybridized carbons (Fsp3) is 0.569. The molecule has 570 valence electrons. The lowest BCUT2D eigenvalue weighted by Crippen LogP contribution is -2.47. The largest absolute Gasteiger partial charge is 0.489 e. The number of anilines is 5. The first kappa shape index (κ1) is 85.4. The van der Waals surface area contributed by atoms with Crippen LogP contribution < -0.4 is 30.7 Å². The van der Waals surface area contributed by atoms with Crippen molar-refractivity contribution in [2.24, 2.45) is 0 Å². The number of rotatable bonds is 20. The van der Waals surface area contributed by atoms with Crippen LogP contribution in [0.15, 0.2) is 64.8 Å². The van der Waals surface area contributed by atoms with E-state index in [-0.39, 0.29) is 66.7 Å².